The van der Waals surface area contributed by atoms with Crippen molar-refractivity contribution in [3.63, 3.8) is 0 Å². The van der Waals surface area contributed by atoms with Crippen LogP contribution in [0.15, 0.2) is 36.4 Å². The molecule has 0 heterocycles. The van der Waals surface area contributed by atoms with E-state index in [0.717, 1.165) is 5.56 Å². The fourth-order valence-corrected chi connectivity index (χ4v) is 2.66. The molecule has 1 N–H and O–H groups in total. The first-order valence-corrected chi connectivity index (χ1v) is 9.01. The van der Waals surface area contributed by atoms with Crippen molar-refractivity contribution in [3.8, 4) is 23.0 Å². The van der Waals surface area contributed by atoms with Crippen molar-refractivity contribution in [3.05, 3.63) is 52.6 Å². The third kappa shape index (κ3) is 5.57. The molecular weight excluding hydrogens is 382 g/mol. The van der Waals surface area contributed by atoms with Gasteiger partial charge in [-0.3, -0.25) is 4.79 Å². The van der Waals surface area contributed by atoms with E-state index in [4.69, 9.17) is 30.5 Å². The molecule has 0 saturated carbocycles. The highest BCUT2D eigenvalue weighted by Gasteiger charge is 2.14. The Morgan fingerprint density at radius 1 is 1.07 bits per heavy atom. The first-order valence-electron chi connectivity index (χ1n) is 8.64. The highest BCUT2D eigenvalue weighted by Crippen LogP contribution is 2.40. The Labute approximate surface area is 170 Å². The Morgan fingerprint density at radius 3 is 2.46 bits per heavy atom. The summed E-state index contributed by atoms with van der Waals surface area (Å²) in [5, 5.41) is 3.40. The minimum Gasteiger partial charge on any atom is -0.493 e. The average Bonchev–Trinajstić information content (AvgIpc) is 2.71. The Hall–Kier alpha value is -2.86. The Kier molecular flexibility index (Phi) is 8.02. The van der Waals surface area contributed by atoms with Crippen molar-refractivity contribution in [2.24, 2.45) is 0 Å². The molecule has 0 saturated heterocycles. The Morgan fingerprint density at radius 2 is 1.82 bits per heavy atom. The van der Waals surface area contributed by atoms with Crippen molar-refractivity contribution < 1.29 is 23.7 Å². The van der Waals surface area contributed by atoms with E-state index in [9.17, 15) is 4.79 Å². The van der Waals surface area contributed by atoms with Gasteiger partial charge in [0.25, 0.3) is 0 Å². The molecule has 0 aliphatic heterocycles. The quantitative estimate of drug-likeness (QED) is 0.506. The van der Waals surface area contributed by atoms with E-state index in [1.165, 1.54) is 20.3 Å². The van der Waals surface area contributed by atoms with E-state index in [0.29, 0.717) is 46.7 Å². The Bertz CT molecular complexity index is 851. The van der Waals surface area contributed by atoms with Gasteiger partial charge in [-0.2, -0.15) is 0 Å². The van der Waals surface area contributed by atoms with Crippen molar-refractivity contribution in [2.45, 2.75) is 6.92 Å². The summed E-state index contributed by atoms with van der Waals surface area (Å²) >= 11 is 6.06. The fourth-order valence-electron chi connectivity index (χ4n) is 2.49. The van der Waals surface area contributed by atoms with Gasteiger partial charge in [0, 0.05) is 16.7 Å². The molecule has 0 spiro atoms. The van der Waals surface area contributed by atoms with Crippen LogP contribution < -0.4 is 24.3 Å². The number of rotatable bonds is 9. The molecule has 0 bridgehead atoms. The third-order valence-electron chi connectivity index (χ3n) is 3.96. The number of hydrogen-bond donors (Lipinski definition) is 1. The van der Waals surface area contributed by atoms with E-state index < -0.39 is 0 Å². The second-order valence-corrected chi connectivity index (χ2v) is 6.21. The molecule has 2 rings (SSSR count). The number of ether oxygens (including phenoxy) is 4. The lowest BCUT2D eigenvalue weighted by molar-refractivity contribution is -0.116. The molecule has 6 nitrogen and oxygen atoms in total. The molecule has 150 valence electrons. The van der Waals surface area contributed by atoms with E-state index in [2.05, 4.69) is 5.32 Å². The largest absolute Gasteiger partial charge is 0.493 e. The number of amides is 1. The summed E-state index contributed by atoms with van der Waals surface area (Å²) in [7, 11) is 4.61. The molecule has 7 heteroatoms. The van der Waals surface area contributed by atoms with Gasteiger partial charge in [-0.25, -0.2) is 0 Å². The van der Waals surface area contributed by atoms with Crippen LogP contribution in [0, 0.1) is 6.92 Å². The molecule has 0 aliphatic rings. The first-order chi connectivity index (χ1) is 13.5. The summed E-state index contributed by atoms with van der Waals surface area (Å²) < 4.78 is 21.5. The smallest absolute Gasteiger partial charge is 0.244 e. The van der Waals surface area contributed by atoms with Crippen molar-refractivity contribution >= 4 is 23.6 Å². The molecule has 2 aromatic rings. The summed E-state index contributed by atoms with van der Waals surface area (Å²) in [6.07, 6.45) is 3.07. The lowest BCUT2D eigenvalue weighted by atomic mass is 10.1. The van der Waals surface area contributed by atoms with Crippen LogP contribution in [0.25, 0.3) is 6.08 Å². The van der Waals surface area contributed by atoms with Crippen molar-refractivity contribution in [1.82, 2.24) is 5.32 Å². The normalized spacial score (nSPS) is 10.6. The zero-order valence-electron chi connectivity index (χ0n) is 16.4. The molecule has 0 radical (unpaired) electrons. The number of carbonyl (C=O) groups is 1. The second-order valence-electron chi connectivity index (χ2n) is 5.81. The zero-order chi connectivity index (χ0) is 20.5. The van der Waals surface area contributed by atoms with Crippen LogP contribution in [0.3, 0.4) is 0 Å². The summed E-state index contributed by atoms with van der Waals surface area (Å²) in [6.45, 7) is 2.61. The predicted molar refractivity (Wildman–Crippen MR) is 110 cm³/mol. The standard InChI is InChI=1S/C21H24ClNO5/c1-14-5-8-16(13-17(14)22)28-12-11-23-19(24)10-7-15-6-9-18(25-2)21(27-4)20(15)26-3/h5-10,13H,11-12H2,1-4H3,(H,23,24)/b10-7+. The van der Waals surface area contributed by atoms with Crippen LogP contribution >= 0.6 is 11.6 Å². The van der Waals surface area contributed by atoms with Gasteiger partial charge in [-0.05, 0) is 42.8 Å². The highest BCUT2D eigenvalue weighted by molar-refractivity contribution is 6.31. The number of methoxy groups -OCH3 is 3. The number of halogens is 1. The topological polar surface area (TPSA) is 66.0 Å². The number of nitrogens with one attached hydrogen (secondary N) is 1. The average molecular weight is 406 g/mol. The van der Waals surface area contributed by atoms with Gasteiger partial charge in [-0.1, -0.05) is 17.7 Å². The van der Waals surface area contributed by atoms with Gasteiger partial charge in [0.1, 0.15) is 12.4 Å². The molecular formula is C21H24ClNO5. The SMILES string of the molecule is COc1ccc(/C=C/C(=O)NCCOc2ccc(C)c(Cl)c2)c(OC)c1OC. The van der Waals surface area contributed by atoms with Crippen LogP contribution in [0.5, 0.6) is 23.0 Å². The molecule has 1 amide bonds. The van der Waals surface area contributed by atoms with E-state index in [1.54, 1.807) is 31.4 Å². The minimum absolute atomic E-state index is 0.248. The highest BCUT2D eigenvalue weighted by atomic mass is 35.5. The van der Waals surface area contributed by atoms with E-state index >= 15 is 0 Å². The minimum atomic E-state index is -0.248. The number of aryl methyl sites for hydroxylation is 1. The first kappa shape index (κ1) is 21.4. The van der Waals surface area contributed by atoms with Gasteiger partial charge in [-0.15, -0.1) is 0 Å². The zero-order valence-corrected chi connectivity index (χ0v) is 17.1. The Balaban J connectivity index is 1.90. The van der Waals surface area contributed by atoms with E-state index in [-0.39, 0.29) is 5.91 Å². The van der Waals surface area contributed by atoms with Crippen LogP contribution in [-0.4, -0.2) is 40.4 Å². The van der Waals surface area contributed by atoms with Crippen LogP contribution in [0.2, 0.25) is 5.02 Å². The molecule has 0 unspecified atom stereocenters. The molecule has 28 heavy (non-hydrogen) atoms. The number of carbonyl (C=O) groups excluding carboxylic acids is 1. The molecule has 0 aliphatic carbocycles. The monoisotopic (exact) mass is 405 g/mol. The lowest BCUT2D eigenvalue weighted by Crippen LogP contribution is -2.26. The summed E-state index contributed by atoms with van der Waals surface area (Å²) in [5.74, 6) is 1.93. The van der Waals surface area contributed by atoms with Crippen LogP contribution in [-0.2, 0) is 4.79 Å². The summed E-state index contributed by atoms with van der Waals surface area (Å²) in [4.78, 5) is 12.0. The summed E-state index contributed by atoms with van der Waals surface area (Å²) in [5.41, 5.74) is 1.68. The predicted octanol–water partition coefficient (Wildman–Crippen LogP) is 3.88. The summed E-state index contributed by atoms with van der Waals surface area (Å²) in [6, 6.07) is 9.01. The number of benzene rings is 2. The molecule has 0 aromatic heterocycles. The molecule has 0 fully saturated rings. The van der Waals surface area contributed by atoms with Gasteiger partial charge in [0.05, 0.1) is 27.9 Å². The second kappa shape index (κ2) is 10.5. The maximum absolute atomic E-state index is 12.0. The van der Waals surface area contributed by atoms with Crippen molar-refractivity contribution in [2.75, 3.05) is 34.5 Å². The van der Waals surface area contributed by atoms with Gasteiger partial charge in [0.15, 0.2) is 11.5 Å². The molecule has 2 aromatic carbocycles. The number of hydrogen-bond acceptors (Lipinski definition) is 5. The van der Waals surface area contributed by atoms with Crippen LogP contribution in [0.4, 0.5) is 0 Å². The maximum Gasteiger partial charge on any atom is 0.244 e. The van der Waals surface area contributed by atoms with Gasteiger partial charge in [0.2, 0.25) is 11.7 Å². The maximum atomic E-state index is 12.0. The van der Waals surface area contributed by atoms with Crippen molar-refractivity contribution in [1.29, 1.82) is 0 Å². The van der Waals surface area contributed by atoms with Crippen LogP contribution in [0.1, 0.15) is 11.1 Å². The van der Waals surface area contributed by atoms with Gasteiger partial charge >= 0.3 is 0 Å². The third-order valence-corrected chi connectivity index (χ3v) is 4.37. The molecule has 0 atom stereocenters. The lowest BCUT2D eigenvalue weighted by Gasteiger charge is -2.14. The fraction of sp³-hybridized carbons (Fsp3) is 0.286. The van der Waals surface area contributed by atoms with E-state index in [1.807, 2.05) is 19.1 Å². The van der Waals surface area contributed by atoms with Gasteiger partial charge < -0.3 is 24.3 Å².